The zero-order valence-corrected chi connectivity index (χ0v) is 12.3. The molecule has 1 heterocycles. The van der Waals surface area contributed by atoms with Crippen molar-refractivity contribution in [2.75, 3.05) is 14.2 Å². The largest absolute Gasteiger partial charge is 0.493 e. The fourth-order valence-corrected chi connectivity index (χ4v) is 2.24. The lowest BCUT2D eigenvalue weighted by Gasteiger charge is -2.12. The van der Waals surface area contributed by atoms with Gasteiger partial charge in [0.05, 0.1) is 19.2 Å². The summed E-state index contributed by atoms with van der Waals surface area (Å²) in [6, 6.07) is 7.76. The van der Waals surface area contributed by atoms with Crippen molar-refractivity contribution in [1.82, 2.24) is 10.3 Å². The van der Waals surface area contributed by atoms with Crippen molar-refractivity contribution in [3.63, 3.8) is 0 Å². The lowest BCUT2D eigenvalue weighted by atomic mass is 10.2. The highest BCUT2D eigenvalue weighted by molar-refractivity contribution is 6.32. The molecular formula is C15H17ClN2O2. The van der Waals surface area contributed by atoms with Gasteiger partial charge in [-0.1, -0.05) is 11.6 Å². The number of hydrogen-bond donors (Lipinski definition) is 1. The van der Waals surface area contributed by atoms with Crippen LogP contribution in [-0.2, 0) is 13.1 Å². The summed E-state index contributed by atoms with van der Waals surface area (Å²) in [5.74, 6) is 1.20. The maximum Gasteiger partial charge on any atom is 0.179 e. The summed E-state index contributed by atoms with van der Waals surface area (Å²) < 4.78 is 10.5. The predicted molar refractivity (Wildman–Crippen MR) is 79.3 cm³/mol. The summed E-state index contributed by atoms with van der Waals surface area (Å²) in [5.41, 5.74) is 2.23. The number of halogens is 1. The second-order valence-corrected chi connectivity index (χ2v) is 4.68. The Morgan fingerprint density at radius 3 is 2.40 bits per heavy atom. The molecule has 0 unspecified atom stereocenters. The number of nitrogens with zero attached hydrogens (tertiary/aromatic N) is 1. The summed E-state index contributed by atoms with van der Waals surface area (Å²) in [5, 5.41) is 3.90. The lowest BCUT2D eigenvalue weighted by molar-refractivity contribution is 0.354. The molecule has 2 rings (SSSR count). The van der Waals surface area contributed by atoms with Crippen LogP contribution in [-0.4, -0.2) is 19.2 Å². The van der Waals surface area contributed by atoms with Gasteiger partial charge in [0, 0.05) is 25.5 Å². The van der Waals surface area contributed by atoms with Gasteiger partial charge in [-0.25, -0.2) is 0 Å². The Balaban J connectivity index is 2.01. The minimum atomic E-state index is 0.549. The molecule has 0 aliphatic heterocycles. The van der Waals surface area contributed by atoms with Crippen LogP contribution in [0.3, 0.4) is 0 Å². The van der Waals surface area contributed by atoms with Gasteiger partial charge in [-0.3, -0.25) is 4.98 Å². The highest BCUT2D eigenvalue weighted by atomic mass is 35.5. The van der Waals surface area contributed by atoms with Gasteiger partial charge < -0.3 is 14.8 Å². The quantitative estimate of drug-likeness (QED) is 0.889. The first kappa shape index (κ1) is 14.6. The van der Waals surface area contributed by atoms with Gasteiger partial charge in [0.2, 0.25) is 0 Å². The molecule has 0 amide bonds. The van der Waals surface area contributed by atoms with E-state index in [1.165, 1.54) is 5.56 Å². The summed E-state index contributed by atoms with van der Waals surface area (Å²) in [4.78, 5) is 3.99. The van der Waals surface area contributed by atoms with Gasteiger partial charge in [0.15, 0.2) is 11.5 Å². The van der Waals surface area contributed by atoms with Crippen molar-refractivity contribution in [3.8, 4) is 11.5 Å². The first-order valence-corrected chi connectivity index (χ1v) is 6.62. The third-order valence-electron chi connectivity index (χ3n) is 2.90. The highest BCUT2D eigenvalue weighted by Crippen LogP contribution is 2.35. The molecule has 1 N–H and O–H groups in total. The second-order valence-electron chi connectivity index (χ2n) is 4.27. The third-order valence-corrected chi connectivity index (χ3v) is 3.18. The summed E-state index contributed by atoms with van der Waals surface area (Å²) in [6.07, 6.45) is 3.56. The molecule has 5 heteroatoms. The van der Waals surface area contributed by atoms with Crippen LogP contribution in [0.2, 0.25) is 5.02 Å². The number of aromatic nitrogens is 1. The zero-order chi connectivity index (χ0) is 14.4. The molecule has 0 fully saturated rings. The SMILES string of the molecule is COc1cc(CNCc2ccncc2)cc(Cl)c1OC. The van der Waals surface area contributed by atoms with Gasteiger partial charge >= 0.3 is 0 Å². The molecule has 0 aliphatic carbocycles. The molecule has 20 heavy (non-hydrogen) atoms. The molecule has 0 aliphatic rings. The normalized spacial score (nSPS) is 10.3. The minimum Gasteiger partial charge on any atom is -0.493 e. The monoisotopic (exact) mass is 292 g/mol. The first-order chi connectivity index (χ1) is 9.74. The Labute approximate surface area is 123 Å². The number of nitrogens with one attached hydrogen (secondary N) is 1. The third kappa shape index (κ3) is 3.62. The Kier molecular flexibility index (Phi) is 5.21. The maximum absolute atomic E-state index is 6.17. The molecular weight excluding hydrogens is 276 g/mol. The standard InChI is InChI=1S/C15H17ClN2O2/c1-19-14-8-12(7-13(16)15(14)20-2)10-18-9-11-3-5-17-6-4-11/h3-8,18H,9-10H2,1-2H3. The van der Waals surface area contributed by atoms with Gasteiger partial charge in [0.1, 0.15) is 0 Å². The van der Waals surface area contributed by atoms with Crippen LogP contribution in [0, 0.1) is 0 Å². The van der Waals surface area contributed by atoms with E-state index >= 15 is 0 Å². The van der Waals surface area contributed by atoms with E-state index in [4.69, 9.17) is 21.1 Å². The van der Waals surface area contributed by atoms with E-state index in [0.717, 1.165) is 12.1 Å². The highest BCUT2D eigenvalue weighted by Gasteiger charge is 2.10. The van der Waals surface area contributed by atoms with Crippen molar-refractivity contribution >= 4 is 11.6 Å². The molecule has 0 radical (unpaired) electrons. The average Bonchev–Trinajstić information content (AvgIpc) is 2.47. The average molecular weight is 293 g/mol. The van der Waals surface area contributed by atoms with E-state index in [9.17, 15) is 0 Å². The predicted octanol–water partition coefficient (Wildman–Crippen LogP) is 3.04. The Morgan fingerprint density at radius 1 is 1.05 bits per heavy atom. The smallest absolute Gasteiger partial charge is 0.179 e. The minimum absolute atomic E-state index is 0.549. The second kappa shape index (κ2) is 7.12. The van der Waals surface area contributed by atoms with Gasteiger partial charge in [-0.2, -0.15) is 0 Å². The number of hydrogen-bond acceptors (Lipinski definition) is 4. The summed E-state index contributed by atoms with van der Waals surface area (Å²) in [6.45, 7) is 1.47. The van der Waals surface area contributed by atoms with Gasteiger partial charge in [-0.05, 0) is 35.4 Å². The Hall–Kier alpha value is -1.78. The topological polar surface area (TPSA) is 43.4 Å². The molecule has 0 saturated carbocycles. The van der Waals surface area contributed by atoms with Crippen LogP contribution in [0.15, 0.2) is 36.7 Å². The van der Waals surface area contributed by atoms with E-state index in [1.54, 1.807) is 26.6 Å². The Morgan fingerprint density at radius 2 is 1.75 bits per heavy atom. The number of ether oxygens (including phenoxy) is 2. The molecule has 4 nitrogen and oxygen atoms in total. The van der Waals surface area contributed by atoms with Crippen LogP contribution >= 0.6 is 11.6 Å². The molecule has 0 saturated heterocycles. The summed E-state index contributed by atoms with van der Waals surface area (Å²) in [7, 11) is 3.17. The molecule has 2 aromatic rings. The Bertz CT molecular complexity index is 561. The molecule has 0 atom stereocenters. The van der Waals surface area contributed by atoms with Crippen molar-refractivity contribution in [1.29, 1.82) is 0 Å². The first-order valence-electron chi connectivity index (χ1n) is 6.24. The van der Waals surface area contributed by atoms with Crippen LogP contribution < -0.4 is 14.8 Å². The number of benzene rings is 1. The van der Waals surface area contributed by atoms with E-state index < -0.39 is 0 Å². The molecule has 1 aromatic heterocycles. The van der Waals surface area contributed by atoms with Crippen LogP contribution in [0.25, 0.3) is 0 Å². The zero-order valence-electron chi connectivity index (χ0n) is 11.5. The number of pyridine rings is 1. The van der Waals surface area contributed by atoms with Crippen LogP contribution in [0.5, 0.6) is 11.5 Å². The van der Waals surface area contributed by atoms with E-state index in [-0.39, 0.29) is 0 Å². The molecule has 0 bridgehead atoms. The molecule has 0 spiro atoms. The van der Waals surface area contributed by atoms with Crippen LogP contribution in [0.1, 0.15) is 11.1 Å². The number of methoxy groups -OCH3 is 2. The van der Waals surface area contributed by atoms with Gasteiger partial charge in [-0.15, -0.1) is 0 Å². The van der Waals surface area contributed by atoms with Crippen molar-refractivity contribution in [3.05, 3.63) is 52.8 Å². The van der Waals surface area contributed by atoms with Gasteiger partial charge in [0.25, 0.3) is 0 Å². The van der Waals surface area contributed by atoms with E-state index in [1.807, 2.05) is 24.3 Å². The lowest BCUT2D eigenvalue weighted by Crippen LogP contribution is -2.12. The van der Waals surface area contributed by atoms with Crippen molar-refractivity contribution in [2.45, 2.75) is 13.1 Å². The maximum atomic E-state index is 6.17. The van der Waals surface area contributed by atoms with E-state index in [0.29, 0.717) is 23.1 Å². The van der Waals surface area contributed by atoms with Crippen molar-refractivity contribution in [2.24, 2.45) is 0 Å². The fraction of sp³-hybridized carbons (Fsp3) is 0.267. The molecule has 1 aromatic carbocycles. The summed E-state index contributed by atoms with van der Waals surface area (Å²) >= 11 is 6.17. The molecule has 106 valence electrons. The van der Waals surface area contributed by atoms with Crippen LogP contribution in [0.4, 0.5) is 0 Å². The van der Waals surface area contributed by atoms with Crippen molar-refractivity contribution < 1.29 is 9.47 Å². The van der Waals surface area contributed by atoms with E-state index in [2.05, 4.69) is 10.3 Å². The number of rotatable bonds is 6. The fourth-order valence-electron chi connectivity index (χ4n) is 1.93.